The maximum absolute atomic E-state index is 11.9. The molecule has 2 rings (SSSR count). The second kappa shape index (κ2) is 7.21. The number of nitrogens with one attached hydrogen (secondary N) is 1. The number of esters is 1. The van der Waals surface area contributed by atoms with Crippen LogP contribution in [0.15, 0.2) is 35.1 Å². The molecule has 0 fully saturated rings. The molecule has 0 amide bonds. The molecule has 1 aromatic carbocycles. The largest absolute Gasteiger partial charge is 0.493 e. The molecule has 0 spiro atoms. The molecule has 0 saturated heterocycles. The van der Waals surface area contributed by atoms with Gasteiger partial charge in [0.05, 0.1) is 12.7 Å². The highest BCUT2D eigenvalue weighted by atomic mass is 16.5. The Morgan fingerprint density at radius 1 is 1.32 bits per heavy atom. The Labute approximate surface area is 127 Å². The molecule has 22 heavy (non-hydrogen) atoms. The summed E-state index contributed by atoms with van der Waals surface area (Å²) in [5.74, 6) is -0.583. The van der Waals surface area contributed by atoms with Crippen molar-refractivity contribution in [3.8, 4) is 5.88 Å². The first kappa shape index (κ1) is 15.5. The van der Waals surface area contributed by atoms with Gasteiger partial charge in [-0.3, -0.25) is 9.59 Å². The lowest BCUT2D eigenvalue weighted by atomic mass is 10.1. The Hall–Kier alpha value is -2.89. The minimum absolute atomic E-state index is 0.00796. The fourth-order valence-electron chi connectivity index (χ4n) is 1.88. The molecular weight excluding hydrogens is 284 g/mol. The maximum atomic E-state index is 11.9. The Kier molecular flexibility index (Phi) is 5.08. The molecule has 1 heterocycles. The minimum atomic E-state index is -0.468. The van der Waals surface area contributed by atoms with E-state index in [0.29, 0.717) is 0 Å². The number of nitrogens with zero attached hydrogens (tertiary/aromatic N) is 1. The fourth-order valence-corrected chi connectivity index (χ4v) is 1.88. The zero-order chi connectivity index (χ0) is 15.9. The van der Waals surface area contributed by atoms with Crippen molar-refractivity contribution < 1.29 is 14.6 Å². The molecule has 0 aliphatic rings. The molecule has 1 aromatic heterocycles. The van der Waals surface area contributed by atoms with E-state index in [2.05, 4.69) is 14.7 Å². The van der Waals surface area contributed by atoms with E-state index < -0.39 is 11.5 Å². The van der Waals surface area contributed by atoms with Crippen molar-refractivity contribution in [1.29, 1.82) is 0 Å². The van der Waals surface area contributed by atoms with Crippen LogP contribution in [0.25, 0.3) is 12.2 Å². The summed E-state index contributed by atoms with van der Waals surface area (Å²) in [5.41, 5.74) is 0.547. The van der Waals surface area contributed by atoms with Gasteiger partial charge in [-0.2, -0.15) is 4.98 Å². The molecule has 0 atom stereocenters. The third kappa shape index (κ3) is 4.05. The standard InChI is InChI=1S/C16H16N2O4/c1-22-14(19)10-8-12-15(20)17-13(18-16(12)21)9-7-11-5-3-2-4-6-11/h2-7,9H,8,10H2,1H3,(H2,17,18,20,21). The first-order valence-electron chi connectivity index (χ1n) is 6.72. The molecule has 114 valence electrons. The first-order valence-corrected chi connectivity index (χ1v) is 6.72. The summed E-state index contributed by atoms with van der Waals surface area (Å²) in [5, 5.41) is 9.84. The van der Waals surface area contributed by atoms with E-state index in [4.69, 9.17) is 0 Å². The van der Waals surface area contributed by atoms with Gasteiger partial charge in [-0.25, -0.2) is 0 Å². The highest BCUT2D eigenvalue weighted by Crippen LogP contribution is 2.12. The summed E-state index contributed by atoms with van der Waals surface area (Å²) in [6.45, 7) is 0. The van der Waals surface area contributed by atoms with Crippen LogP contribution in [0, 0.1) is 0 Å². The van der Waals surface area contributed by atoms with Crippen LogP contribution in [-0.4, -0.2) is 28.2 Å². The van der Waals surface area contributed by atoms with E-state index in [-0.39, 0.29) is 30.1 Å². The van der Waals surface area contributed by atoms with Crippen LogP contribution in [0.1, 0.15) is 23.4 Å². The number of H-pyrrole nitrogens is 1. The maximum Gasteiger partial charge on any atom is 0.305 e. The second-order valence-electron chi connectivity index (χ2n) is 4.57. The third-order valence-corrected chi connectivity index (χ3v) is 3.05. The number of carbonyl (C=O) groups excluding carboxylic acids is 1. The van der Waals surface area contributed by atoms with Crippen LogP contribution in [0.3, 0.4) is 0 Å². The van der Waals surface area contributed by atoms with Gasteiger partial charge in [-0.15, -0.1) is 0 Å². The second-order valence-corrected chi connectivity index (χ2v) is 4.57. The summed E-state index contributed by atoms with van der Waals surface area (Å²) in [6.07, 6.45) is 3.45. The van der Waals surface area contributed by atoms with Gasteiger partial charge in [0.25, 0.3) is 5.56 Å². The Morgan fingerprint density at radius 2 is 2.05 bits per heavy atom. The van der Waals surface area contributed by atoms with Gasteiger partial charge in [0.2, 0.25) is 5.88 Å². The molecule has 2 N–H and O–H groups in total. The van der Waals surface area contributed by atoms with Crippen molar-refractivity contribution in [2.45, 2.75) is 12.8 Å². The van der Waals surface area contributed by atoms with Crippen molar-refractivity contribution in [1.82, 2.24) is 9.97 Å². The van der Waals surface area contributed by atoms with E-state index >= 15 is 0 Å². The average Bonchev–Trinajstić information content (AvgIpc) is 2.52. The zero-order valence-electron chi connectivity index (χ0n) is 12.1. The van der Waals surface area contributed by atoms with Crippen molar-refractivity contribution in [3.05, 3.63) is 57.6 Å². The number of aromatic nitrogens is 2. The molecule has 6 nitrogen and oxygen atoms in total. The molecule has 0 radical (unpaired) electrons. The van der Waals surface area contributed by atoms with Crippen molar-refractivity contribution >= 4 is 18.1 Å². The Morgan fingerprint density at radius 3 is 2.68 bits per heavy atom. The number of benzene rings is 1. The van der Waals surface area contributed by atoms with Crippen molar-refractivity contribution in [2.24, 2.45) is 0 Å². The smallest absolute Gasteiger partial charge is 0.305 e. The van der Waals surface area contributed by atoms with E-state index in [1.807, 2.05) is 30.3 Å². The molecule has 0 saturated carbocycles. The Bertz CT molecular complexity index is 736. The van der Waals surface area contributed by atoms with Gasteiger partial charge in [-0.05, 0) is 18.1 Å². The number of hydrogen-bond acceptors (Lipinski definition) is 5. The first-order chi connectivity index (χ1) is 10.6. The lowest BCUT2D eigenvalue weighted by Crippen LogP contribution is -2.17. The van der Waals surface area contributed by atoms with E-state index in [9.17, 15) is 14.7 Å². The molecule has 0 bridgehead atoms. The summed E-state index contributed by atoms with van der Waals surface area (Å²) in [6, 6.07) is 9.49. The van der Waals surface area contributed by atoms with Gasteiger partial charge in [-0.1, -0.05) is 36.4 Å². The van der Waals surface area contributed by atoms with Crippen LogP contribution < -0.4 is 5.56 Å². The van der Waals surface area contributed by atoms with Crippen LogP contribution in [0.5, 0.6) is 5.88 Å². The normalized spacial score (nSPS) is 10.8. The number of ether oxygens (including phenoxy) is 1. The predicted octanol–water partition coefficient (Wildman–Crippen LogP) is 1.75. The van der Waals surface area contributed by atoms with Crippen molar-refractivity contribution in [2.75, 3.05) is 7.11 Å². The number of aromatic hydroxyl groups is 1. The van der Waals surface area contributed by atoms with Crippen LogP contribution in [0.4, 0.5) is 0 Å². The molecule has 0 aliphatic carbocycles. The highest BCUT2D eigenvalue weighted by Gasteiger charge is 2.12. The molecule has 2 aromatic rings. The number of methoxy groups -OCH3 is 1. The number of aromatic amines is 1. The Balaban J connectivity index is 2.17. The SMILES string of the molecule is COC(=O)CCc1c(O)nc(C=Cc2ccccc2)[nH]c1=O. The quantitative estimate of drug-likeness (QED) is 0.821. The molecule has 6 heteroatoms. The number of rotatable bonds is 5. The summed E-state index contributed by atoms with van der Waals surface area (Å²) in [7, 11) is 1.27. The summed E-state index contributed by atoms with van der Waals surface area (Å²) >= 11 is 0. The van der Waals surface area contributed by atoms with Crippen LogP contribution in [0.2, 0.25) is 0 Å². The molecule has 0 unspecified atom stereocenters. The van der Waals surface area contributed by atoms with Gasteiger partial charge in [0.15, 0.2) is 0 Å². The summed E-state index contributed by atoms with van der Waals surface area (Å²) in [4.78, 5) is 29.5. The van der Waals surface area contributed by atoms with Crippen LogP contribution >= 0.6 is 0 Å². The lowest BCUT2D eigenvalue weighted by Gasteiger charge is -2.03. The topological polar surface area (TPSA) is 92.3 Å². The average molecular weight is 300 g/mol. The van der Waals surface area contributed by atoms with Gasteiger partial charge in [0.1, 0.15) is 5.82 Å². The number of hydrogen-bond donors (Lipinski definition) is 2. The van der Waals surface area contributed by atoms with Gasteiger partial charge >= 0.3 is 5.97 Å². The molecule has 0 aliphatic heterocycles. The van der Waals surface area contributed by atoms with E-state index in [1.54, 1.807) is 12.2 Å². The summed E-state index contributed by atoms with van der Waals surface area (Å²) < 4.78 is 4.50. The van der Waals surface area contributed by atoms with Gasteiger partial charge in [0, 0.05) is 6.42 Å². The zero-order valence-corrected chi connectivity index (χ0v) is 12.1. The van der Waals surface area contributed by atoms with E-state index in [0.717, 1.165) is 5.56 Å². The van der Waals surface area contributed by atoms with E-state index in [1.165, 1.54) is 7.11 Å². The lowest BCUT2D eigenvalue weighted by molar-refractivity contribution is -0.140. The highest BCUT2D eigenvalue weighted by molar-refractivity contribution is 5.69. The van der Waals surface area contributed by atoms with Gasteiger partial charge < -0.3 is 14.8 Å². The molecular formula is C16H16N2O4. The fraction of sp³-hybridized carbons (Fsp3) is 0.188. The third-order valence-electron chi connectivity index (χ3n) is 3.05. The minimum Gasteiger partial charge on any atom is -0.493 e. The van der Waals surface area contributed by atoms with Crippen LogP contribution in [-0.2, 0) is 16.0 Å². The van der Waals surface area contributed by atoms with Crippen molar-refractivity contribution in [3.63, 3.8) is 0 Å². The predicted molar refractivity (Wildman–Crippen MR) is 82.2 cm³/mol. The number of carbonyl (C=O) groups is 1. The monoisotopic (exact) mass is 300 g/mol.